The Labute approximate surface area is 176 Å². The normalized spacial score (nSPS) is 12.3. The van der Waals surface area contributed by atoms with E-state index in [4.69, 9.17) is 9.84 Å². The third-order valence-electron chi connectivity index (χ3n) is 4.31. The van der Waals surface area contributed by atoms with E-state index in [1.165, 1.54) is 17.4 Å². The van der Waals surface area contributed by atoms with Crippen LogP contribution in [0.2, 0.25) is 0 Å². The lowest BCUT2D eigenvalue weighted by atomic mass is 10.1. The molecule has 1 N–H and O–H groups in total. The standard InChI is InChI=1S/C23H19N3O3S/c1-2-29-21(27)14-20-24-23(28)19(30-20)13-17-15-26(18-11-7-4-8-12-18)25-22(17)16-9-5-3-6-10-16/h3-15H,2H2,1H3,(H,24,28). The number of carbonyl (C=O) groups excluding carboxylic acids is 1. The zero-order valence-corrected chi connectivity index (χ0v) is 17.1. The van der Waals surface area contributed by atoms with Gasteiger partial charge in [0, 0.05) is 17.3 Å². The average molecular weight is 417 g/mol. The molecule has 0 bridgehead atoms. The Bertz CT molecular complexity index is 1340. The van der Waals surface area contributed by atoms with Gasteiger partial charge in [-0.2, -0.15) is 5.10 Å². The molecular formula is C23H19N3O3S. The highest BCUT2D eigenvalue weighted by molar-refractivity contribution is 7.07. The summed E-state index contributed by atoms with van der Waals surface area (Å²) in [4.78, 5) is 26.8. The Morgan fingerprint density at radius 3 is 2.53 bits per heavy atom. The Balaban J connectivity index is 1.85. The SMILES string of the molecule is CCOC(=O)C=c1[nH]c(=O)c(=Cc2cn(-c3ccccc3)nc2-c2ccccc2)s1. The molecule has 0 radical (unpaired) electrons. The minimum atomic E-state index is -0.483. The molecule has 2 aromatic carbocycles. The number of ether oxygens (including phenoxy) is 1. The van der Waals surface area contributed by atoms with E-state index in [1.54, 1.807) is 17.7 Å². The maximum atomic E-state index is 12.4. The van der Waals surface area contributed by atoms with Crippen LogP contribution in [0.15, 0.2) is 71.7 Å². The van der Waals surface area contributed by atoms with Gasteiger partial charge in [0.1, 0.15) is 4.66 Å². The monoisotopic (exact) mass is 417 g/mol. The lowest BCUT2D eigenvalue weighted by Gasteiger charge is -2.00. The number of nitrogens with zero attached hydrogens (tertiary/aromatic N) is 2. The number of esters is 1. The topological polar surface area (TPSA) is 77.0 Å². The Kier molecular flexibility index (Phi) is 5.72. The molecule has 0 saturated carbocycles. The number of hydrogen-bond acceptors (Lipinski definition) is 5. The largest absolute Gasteiger partial charge is 0.463 e. The van der Waals surface area contributed by atoms with Crippen LogP contribution in [0.25, 0.3) is 29.1 Å². The second kappa shape index (κ2) is 8.75. The number of aromatic nitrogens is 3. The fourth-order valence-electron chi connectivity index (χ4n) is 2.98. The van der Waals surface area contributed by atoms with Crippen molar-refractivity contribution < 1.29 is 9.53 Å². The van der Waals surface area contributed by atoms with Gasteiger partial charge in [-0.15, -0.1) is 11.3 Å². The summed E-state index contributed by atoms with van der Waals surface area (Å²) in [7, 11) is 0. The molecule has 0 aliphatic carbocycles. The van der Waals surface area contributed by atoms with E-state index < -0.39 is 5.97 Å². The lowest BCUT2D eigenvalue weighted by molar-refractivity contribution is -0.135. The summed E-state index contributed by atoms with van der Waals surface area (Å²) in [5.41, 5.74) is 3.18. The smallest absolute Gasteiger partial charge is 0.333 e. The van der Waals surface area contributed by atoms with Crippen LogP contribution in [-0.2, 0) is 9.53 Å². The fourth-order valence-corrected chi connectivity index (χ4v) is 3.85. The van der Waals surface area contributed by atoms with Crippen LogP contribution in [0.1, 0.15) is 12.5 Å². The second-order valence-electron chi connectivity index (χ2n) is 6.40. The first-order valence-corrected chi connectivity index (χ1v) is 10.3. The highest BCUT2D eigenvalue weighted by Gasteiger charge is 2.11. The first-order valence-electron chi connectivity index (χ1n) is 9.44. The number of nitrogens with one attached hydrogen (secondary N) is 1. The van der Waals surface area contributed by atoms with Crippen molar-refractivity contribution in [3.63, 3.8) is 0 Å². The summed E-state index contributed by atoms with van der Waals surface area (Å²) < 4.78 is 7.63. The van der Waals surface area contributed by atoms with Gasteiger partial charge in [0.05, 0.1) is 28.6 Å². The quantitative estimate of drug-likeness (QED) is 0.506. The maximum absolute atomic E-state index is 12.4. The third-order valence-corrected chi connectivity index (χ3v) is 5.28. The number of hydrogen-bond donors (Lipinski definition) is 1. The number of thiazole rings is 1. The summed E-state index contributed by atoms with van der Waals surface area (Å²) in [6.07, 6.45) is 4.98. The first-order chi connectivity index (χ1) is 14.6. The molecule has 4 aromatic rings. The Morgan fingerprint density at radius 1 is 1.13 bits per heavy atom. The van der Waals surface area contributed by atoms with Crippen LogP contribution in [0.5, 0.6) is 0 Å². The maximum Gasteiger partial charge on any atom is 0.333 e. The molecule has 0 atom stereocenters. The molecule has 2 heterocycles. The van der Waals surface area contributed by atoms with E-state index in [-0.39, 0.29) is 12.2 Å². The number of aromatic amines is 1. The Morgan fingerprint density at radius 2 is 1.83 bits per heavy atom. The van der Waals surface area contributed by atoms with Crippen LogP contribution in [0.3, 0.4) is 0 Å². The van der Waals surface area contributed by atoms with Gasteiger partial charge >= 0.3 is 5.97 Å². The van der Waals surface area contributed by atoms with Crippen molar-refractivity contribution >= 4 is 29.5 Å². The van der Waals surface area contributed by atoms with Crippen molar-refractivity contribution in [2.24, 2.45) is 0 Å². The number of carbonyl (C=O) groups is 1. The fraction of sp³-hybridized carbons (Fsp3) is 0.0870. The van der Waals surface area contributed by atoms with Gasteiger partial charge in [0.15, 0.2) is 0 Å². The molecule has 0 spiro atoms. The molecule has 0 aliphatic rings. The molecule has 0 saturated heterocycles. The van der Waals surface area contributed by atoms with Gasteiger partial charge in [-0.3, -0.25) is 4.79 Å². The van der Waals surface area contributed by atoms with Crippen molar-refractivity contribution in [3.05, 3.63) is 92.0 Å². The van der Waals surface area contributed by atoms with Crippen molar-refractivity contribution in [1.82, 2.24) is 14.8 Å². The predicted octanol–water partition coefficient (Wildman–Crippen LogP) is 2.46. The van der Waals surface area contributed by atoms with E-state index in [1.807, 2.05) is 66.9 Å². The zero-order chi connectivity index (χ0) is 20.9. The van der Waals surface area contributed by atoms with Crippen LogP contribution in [0, 0.1) is 0 Å². The molecule has 2 aromatic heterocycles. The molecule has 0 amide bonds. The second-order valence-corrected chi connectivity index (χ2v) is 7.49. The van der Waals surface area contributed by atoms with Crippen molar-refractivity contribution in [1.29, 1.82) is 0 Å². The summed E-state index contributed by atoms with van der Waals surface area (Å²) >= 11 is 1.20. The predicted molar refractivity (Wildman–Crippen MR) is 118 cm³/mol. The molecule has 6 nitrogen and oxygen atoms in total. The molecule has 0 aliphatic heterocycles. The van der Waals surface area contributed by atoms with Gasteiger partial charge in [-0.05, 0) is 25.1 Å². The highest BCUT2D eigenvalue weighted by atomic mass is 32.1. The highest BCUT2D eigenvalue weighted by Crippen LogP contribution is 2.24. The number of rotatable bonds is 5. The van der Waals surface area contributed by atoms with Crippen molar-refractivity contribution in [2.45, 2.75) is 6.92 Å². The van der Waals surface area contributed by atoms with Crippen LogP contribution < -0.4 is 14.8 Å². The molecule has 0 unspecified atom stereocenters. The third kappa shape index (κ3) is 4.31. The van der Waals surface area contributed by atoms with Crippen LogP contribution in [0.4, 0.5) is 0 Å². The van der Waals surface area contributed by atoms with E-state index >= 15 is 0 Å². The van der Waals surface area contributed by atoms with Gasteiger partial charge in [-0.25, -0.2) is 9.48 Å². The molecule has 4 rings (SSSR count). The van der Waals surface area contributed by atoms with Gasteiger partial charge < -0.3 is 9.72 Å². The zero-order valence-electron chi connectivity index (χ0n) is 16.2. The van der Waals surface area contributed by atoms with E-state index in [2.05, 4.69) is 4.98 Å². The van der Waals surface area contributed by atoms with Crippen LogP contribution in [-0.4, -0.2) is 27.3 Å². The minimum Gasteiger partial charge on any atom is -0.463 e. The average Bonchev–Trinajstić information content (AvgIpc) is 3.33. The van der Waals surface area contributed by atoms with Crippen molar-refractivity contribution in [2.75, 3.05) is 6.61 Å². The summed E-state index contributed by atoms with van der Waals surface area (Å²) in [5, 5.41) is 4.75. The molecule has 0 fully saturated rings. The molecule has 30 heavy (non-hydrogen) atoms. The number of para-hydroxylation sites is 1. The number of benzene rings is 2. The Hall–Kier alpha value is -3.71. The van der Waals surface area contributed by atoms with E-state index in [9.17, 15) is 9.59 Å². The number of H-pyrrole nitrogens is 1. The minimum absolute atomic E-state index is 0.262. The van der Waals surface area contributed by atoms with Gasteiger partial charge in [0.25, 0.3) is 5.56 Å². The van der Waals surface area contributed by atoms with E-state index in [0.717, 1.165) is 22.5 Å². The first kappa shape index (κ1) is 19.6. The molecular weight excluding hydrogens is 398 g/mol. The summed E-state index contributed by atoms with van der Waals surface area (Å²) in [6.45, 7) is 2.01. The van der Waals surface area contributed by atoms with Crippen molar-refractivity contribution in [3.8, 4) is 16.9 Å². The summed E-state index contributed by atoms with van der Waals surface area (Å²) in [5.74, 6) is -0.483. The molecule has 7 heteroatoms. The lowest BCUT2D eigenvalue weighted by Crippen LogP contribution is -2.20. The van der Waals surface area contributed by atoms with Crippen LogP contribution >= 0.6 is 11.3 Å². The summed E-state index contributed by atoms with van der Waals surface area (Å²) in [6, 6.07) is 19.6. The molecule has 150 valence electrons. The van der Waals surface area contributed by atoms with Gasteiger partial charge in [-0.1, -0.05) is 48.5 Å². The van der Waals surface area contributed by atoms with Gasteiger partial charge in [0.2, 0.25) is 0 Å². The van der Waals surface area contributed by atoms with E-state index in [0.29, 0.717) is 9.20 Å².